The lowest BCUT2D eigenvalue weighted by molar-refractivity contribution is -0.282. The van der Waals surface area contributed by atoms with E-state index in [1.54, 1.807) is 27.7 Å². The van der Waals surface area contributed by atoms with Gasteiger partial charge in [0, 0.05) is 45.1 Å². The van der Waals surface area contributed by atoms with Crippen LogP contribution in [0, 0.1) is 11.8 Å². The lowest BCUT2D eigenvalue weighted by Gasteiger charge is -2.40. The van der Waals surface area contributed by atoms with E-state index in [1.165, 1.54) is 18.9 Å². The fourth-order valence-electron chi connectivity index (χ4n) is 8.48. The van der Waals surface area contributed by atoms with Crippen molar-refractivity contribution in [3.8, 4) is 11.1 Å². The number of ketones is 1. The SMILES string of the molecule is CO[C@@H]1OC(COCC(=O)NCCOCCOCCCC(=O)C(C)NC(=O)C(C)NC(=O)C2CCCN2C(=O)C(NC(=O)OCC2c3ccccc3-c3ccccc32)C(C)C)[C@@H](C)[C@H](O)C1O. The topological polar surface area (TPSA) is 250 Å². The molecule has 370 valence electrons. The molecule has 2 saturated heterocycles. The quantitative estimate of drug-likeness (QED) is 0.0778. The minimum Gasteiger partial charge on any atom is -0.449 e. The molecule has 9 atom stereocenters. The standard InChI is InChI=1S/C48H69N5O14/c1-28(2)41(52-48(61)66-25-36-34-15-9-7-13-32(34)33-14-8-10-16-35(33)36)46(60)53-20-11-17-37(53)45(59)51-31(5)44(58)50-30(4)38(54)18-12-21-63-23-24-64-22-19-49-40(55)27-65-26-39-29(3)42(56)43(57)47(62-6)67-39/h7-10,13-16,28-31,36-37,39,41-43,47,56-57H,11-12,17-27H2,1-6H3,(H,49,55)(H,50,58)(H,51,59)(H,52,61)/t29-,30?,31?,37?,39?,41?,42+,43?,47-/m1/s1. The number of amides is 5. The van der Waals surface area contributed by atoms with Gasteiger partial charge in [-0.3, -0.25) is 24.0 Å². The highest BCUT2D eigenvalue weighted by Crippen LogP contribution is 2.44. The second kappa shape index (κ2) is 25.9. The minimum atomic E-state index is -1.18. The highest BCUT2D eigenvalue weighted by Gasteiger charge is 2.43. The van der Waals surface area contributed by atoms with Crippen LogP contribution in [0.1, 0.15) is 77.3 Å². The van der Waals surface area contributed by atoms with Gasteiger partial charge in [-0.2, -0.15) is 0 Å². The van der Waals surface area contributed by atoms with Crippen molar-refractivity contribution in [3.05, 3.63) is 59.7 Å². The summed E-state index contributed by atoms with van der Waals surface area (Å²) in [6.45, 7) is 9.93. The molecule has 0 radical (unpaired) electrons. The van der Waals surface area contributed by atoms with Crippen LogP contribution in [0.5, 0.6) is 0 Å². The molecule has 5 amide bonds. The predicted molar refractivity (Wildman–Crippen MR) is 243 cm³/mol. The van der Waals surface area contributed by atoms with Gasteiger partial charge in [-0.1, -0.05) is 69.3 Å². The van der Waals surface area contributed by atoms with Crippen LogP contribution in [0.3, 0.4) is 0 Å². The lowest BCUT2D eigenvalue weighted by atomic mass is 9.91. The molecule has 2 heterocycles. The summed E-state index contributed by atoms with van der Waals surface area (Å²) in [4.78, 5) is 79.9. The number of carbonyl (C=O) groups is 6. The summed E-state index contributed by atoms with van der Waals surface area (Å²) in [6.07, 6.45) is -2.98. The number of rotatable bonds is 25. The Morgan fingerprint density at radius 2 is 1.46 bits per heavy atom. The number of nitrogens with zero attached hydrogens (tertiary/aromatic N) is 1. The number of carbonyl (C=O) groups excluding carboxylic acids is 6. The van der Waals surface area contributed by atoms with Gasteiger partial charge in [-0.25, -0.2) is 4.79 Å². The number of nitrogens with one attached hydrogen (secondary N) is 4. The molecule has 6 unspecified atom stereocenters. The zero-order chi connectivity index (χ0) is 48.6. The average molecular weight is 940 g/mol. The largest absolute Gasteiger partial charge is 0.449 e. The van der Waals surface area contributed by atoms with Crippen LogP contribution >= 0.6 is 0 Å². The molecular formula is C48H69N5O14. The maximum atomic E-state index is 13.9. The summed E-state index contributed by atoms with van der Waals surface area (Å²) in [5.74, 6) is -2.91. The monoisotopic (exact) mass is 939 g/mol. The van der Waals surface area contributed by atoms with E-state index in [2.05, 4.69) is 21.3 Å². The Hall–Kier alpha value is -5.02. The number of likely N-dealkylation sites (tertiary alicyclic amines) is 1. The van der Waals surface area contributed by atoms with Crippen LogP contribution < -0.4 is 21.3 Å². The maximum Gasteiger partial charge on any atom is 0.407 e. The summed E-state index contributed by atoms with van der Waals surface area (Å²) in [7, 11) is 1.36. The Kier molecular flexibility index (Phi) is 20.5. The van der Waals surface area contributed by atoms with Crippen molar-refractivity contribution in [2.45, 2.75) is 115 Å². The summed E-state index contributed by atoms with van der Waals surface area (Å²) in [6, 6.07) is 12.4. The number of Topliss-reactive ketones (excluding diaryl/α,β-unsaturated/α-hetero) is 1. The second-order valence-electron chi connectivity index (χ2n) is 17.6. The molecular weight excluding hydrogens is 871 g/mol. The van der Waals surface area contributed by atoms with E-state index in [1.807, 2.05) is 48.5 Å². The maximum absolute atomic E-state index is 13.9. The molecule has 2 aromatic rings. The number of fused-ring (bicyclic) bond motifs is 3. The molecule has 3 aliphatic rings. The Morgan fingerprint density at radius 1 is 0.806 bits per heavy atom. The van der Waals surface area contributed by atoms with Gasteiger partial charge in [0.25, 0.3) is 0 Å². The van der Waals surface area contributed by atoms with Crippen molar-refractivity contribution in [2.75, 3.05) is 66.4 Å². The van der Waals surface area contributed by atoms with Gasteiger partial charge in [0.2, 0.25) is 23.6 Å². The highest BCUT2D eigenvalue weighted by molar-refractivity contribution is 5.95. The zero-order valence-corrected chi connectivity index (χ0v) is 39.4. The van der Waals surface area contributed by atoms with Gasteiger partial charge in [-0.15, -0.1) is 0 Å². The Balaban J connectivity index is 0.923. The van der Waals surface area contributed by atoms with Crippen LogP contribution in [0.15, 0.2) is 48.5 Å². The third kappa shape index (κ3) is 14.5. The van der Waals surface area contributed by atoms with E-state index in [9.17, 15) is 39.0 Å². The predicted octanol–water partition coefficient (Wildman–Crippen LogP) is 1.79. The van der Waals surface area contributed by atoms with Crippen LogP contribution in [0.2, 0.25) is 0 Å². The molecule has 1 aliphatic carbocycles. The first-order valence-electron chi connectivity index (χ1n) is 23.2. The second-order valence-corrected chi connectivity index (χ2v) is 17.6. The smallest absolute Gasteiger partial charge is 0.407 e. The molecule has 0 aromatic heterocycles. The molecule has 67 heavy (non-hydrogen) atoms. The first-order chi connectivity index (χ1) is 32.1. The Bertz CT molecular complexity index is 1940. The lowest BCUT2D eigenvalue weighted by Crippen LogP contribution is -2.57. The number of hydrogen-bond acceptors (Lipinski definition) is 14. The van der Waals surface area contributed by atoms with Crippen molar-refractivity contribution < 1.29 is 67.4 Å². The number of alkyl carbamates (subject to hydrolysis) is 1. The third-order valence-corrected chi connectivity index (χ3v) is 12.4. The first-order valence-corrected chi connectivity index (χ1v) is 23.2. The number of ether oxygens (including phenoxy) is 6. The summed E-state index contributed by atoms with van der Waals surface area (Å²) >= 11 is 0. The van der Waals surface area contributed by atoms with Crippen molar-refractivity contribution in [2.24, 2.45) is 11.8 Å². The van der Waals surface area contributed by atoms with E-state index in [0.29, 0.717) is 25.8 Å². The number of aliphatic hydroxyl groups is 2. The first kappa shape index (κ1) is 52.9. The van der Waals surface area contributed by atoms with E-state index < -0.39 is 78.5 Å². The Morgan fingerprint density at radius 3 is 2.12 bits per heavy atom. The van der Waals surface area contributed by atoms with Gasteiger partial charge in [-0.05, 0) is 61.3 Å². The molecule has 19 heteroatoms. The minimum absolute atomic E-state index is 0.0336. The molecule has 6 N–H and O–H groups in total. The van der Waals surface area contributed by atoms with Crippen molar-refractivity contribution in [3.63, 3.8) is 0 Å². The average Bonchev–Trinajstić information content (AvgIpc) is 3.94. The van der Waals surface area contributed by atoms with E-state index >= 15 is 0 Å². The number of benzene rings is 2. The van der Waals surface area contributed by atoms with Gasteiger partial charge in [0.05, 0.1) is 44.7 Å². The molecule has 19 nitrogen and oxygen atoms in total. The molecule has 2 aromatic carbocycles. The van der Waals surface area contributed by atoms with Gasteiger partial charge < -0.3 is 64.8 Å². The zero-order valence-electron chi connectivity index (χ0n) is 39.4. The van der Waals surface area contributed by atoms with Crippen molar-refractivity contribution in [1.29, 1.82) is 0 Å². The number of aliphatic hydroxyl groups excluding tert-OH is 2. The summed E-state index contributed by atoms with van der Waals surface area (Å²) < 4.78 is 32.8. The number of hydrogen-bond donors (Lipinski definition) is 6. The van der Waals surface area contributed by atoms with Crippen LogP contribution in [-0.4, -0.2) is 166 Å². The Labute approximate surface area is 392 Å². The van der Waals surface area contributed by atoms with E-state index in [4.69, 9.17) is 28.4 Å². The summed E-state index contributed by atoms with van der Waals surface area (Å²) in [5, 5.41) is 30.9. The number of methoxy groups -OCH3 is 1. The molecule has 2 fully saturated rings. The van der Waals surface area contributed by atoms with E-state index in [-0.39, 0.29) is 82.7 Å². The van der Waals surface area contributed by atoms with Crippen molar-refractivity contribution in [1.82, 2.24) is 26.2 Å². The molecule has 2 aliphatic heterocycles. The van der Waals surface area contributed by atoms with Gasteiger partial charge in [0.15, 0.2) is 12.1 Å². The van der Waals surface area contributed by atoms with Crippen molar-refractivity contribution >= 4 is 35.5 Å². The van der Waals surface area contributed by atoms with Crippen LogP contribution in [0.4, 0.5) is 4.79 Å². The normalized spacial score (nSPS) is 22.6. The molecule has 0 bridgehead atoms. The van der Waals surface area contributed by atoms with E-state index in [0.717, 1.165) is 22.3 Å². The fraction of sp³-hybridized carbons (Fsp3) is 0.625. The molecule has 5 rings (SSSR count). The van der Waals surface area contributed by atoms with Gasteiger partial charge in [0.1, 0.15) is 37.4 Å². The van der Waals surface area contributed by atoms with Crippen LogP contribution in [0.25, 0.3) is 11.1 Å². The highest BCUT2D eigenvalue weighted by atomic mass is 16.7. The summed E-state index contributed by atoms with van der Waals surface area (Å²) in [5.41, 5.74) is 4.34. The van der Waals surface area contributed by atoms with Crippen LogP contribution in [-0.2, 0) is 52.4 Å². The van der Waals surface area contributed by atoms with Gasteiger partial charge >= 0.3 is 6.09 Å². The molecule has 0 spiro atoms. The molecule has 0 saturated carbocycles. The third-order valence-electron chi connectivity index (χ3n) is 12.4. The fourth-order valence-corrected chi connectivity index (χ4v) is 8.48.